The fourth-order valence-electron chi connectivity index (χ4n) is 2.97. The lowest BCUT2D eigenvalue weighted by atomic mass is 10.1. The summed E-state index contributed by atoms with van der Waals surface area (Å²) in [7, 11) is 5.36. The fourth-order valence-corrected chi connectivity index (χ4v) is 2.97. The molecule has 0 amide bonds. The molecule has 1 aromatic carbocycles. The van der Waals surface area contributed by atoms with E-state index in [4.69, 9.17) is 9.47 Å². The number of rotatable bonds is 6. The average molecular weight is 378 g/mol. The SMILES string of the molecule is COC(=O)c1ccc(OCN2C[C@@H](N(C)C)C[C@H]2C(=O)OC(C)(C)C)cc1. The van der Waals surface area contributed by atoms with Gasteiger partial charge in [0.2, 0.25) is 0 Å². The number of hydrogen-bond donors (Lipinski definition) is 0. The minimum atomic E-state index is -0.524. The maximum Gasteiger partial charge on any atom is 0.337 e. The van der Waals surface area contributed by atoms with Gasteiger partial charge in [0.15, 0.2) is 0 Å². The molecule has 2 atom stereocenters. The van der Waals surface area contributed by atoms with E-state index in [9.17, 15) is 9.59 Å². The summed E-state index contributed by atoms with van der Waals surface area (Å²) in [6, 6.07) is 6.65. The Bertz CT molecular complexity index is 651. The number of ether oxygens (including phenoxy) is 3. The van der Waals surface area contributed by atoms with Crippen LogP contribution in [0.1, 0.15) is 37.6 Å². The topological polar surface area (TPSA) is 68.3 Å². The van der Waals surface area contributed by atoms with Gasteiger partial charge in [-0.15, -0.1) is 0 Å². The van der Waals surface area contributed by atoms with Gasteiger partial charge in [-0.05, 0) is 65.6 Å². The Labute approximate surface area is 161 Å². The molecule has 0 N–H and O–H groups in total. The highest BCUT2D eigenvalue weighted by atomic mass is 16.6. The summed E-state index contributed by atoms with van der Waals surface area (Å²) in [6.07, 6.45) is 0.701. The predicted molar refractivity (Wildman–Crippen MR) is 102 cm³/mol. The van der Waals surface area contributed by atoms with Gasteiger partial charge in [0.25, 0.3) is 0 Å². The monoisotopic (exact) mass is 378 g/mol. The second kappa shape index (κ2) is 8.71. The maximum atomic E-state index is 12.6. The highest BCUT2D eigenvalue weighted by Crippen LogP contribution is 2.24. The number of nitrogens with zero attached hydrogens (tertiary/aromatic N) is 2. The van der Waals surface area contributed by atoms with Crippen LogP contribution in [-0.4, -0.2) is 73.9 Å². The Morgan fingerprint density at radius 3 is 2.33 bits per heavy atom. The van der Waals surface area contributed by atoms with Gasteiger partial charge in [-0.3, -0.25) is 9.69 Å². The van der Waals surface area contributed by atoms with Crippen molar-refractivity contribution in [1.29, 1.82) is 0 Å². The van der Waals surface area contributed by atoms with Crippen molar-refractivity contribution in [2.45, 2.75) is 44.9 Å². The van der Waals surface area contributed by atoms with Crippen LogP contribution in [0.2, 0.25) is 0 Å². The van der Waals surface area contributed by atoms with Gasteiger partial charge in [0, 0.05) is 12.6 Å². The minimum absolute atomic E-state index is 0.225. The molecule has 1 fully saturated rings. The third-order valence-electron chi connectivity index (χ3n) is 4.46. The first-order valence-electron chi connectivity index (χ1n) is 9.05. The van der Waals surface area contributed by atoms with Crippen LogP contribution in [0.4, 0.5) is 0 Å². The zero-order valence-electron chi connectivity index (χ0n) is 17.0. The first kappa shape index (κ1) is 21.2. The molecule has 0 aromatic heterocycles. The first-order chi connectivity index (χ1) is 12.6. The lowest BCUT2D eigenvalue weighted by Gasteiger charge is -2.27. The summed E-state index contributed by atoms with van der Waals surface area (Å²) in [5, 5.41) is 0. The Morgan fingerprint density at radius 2 is 1.81 bits per heavy atom. The van der Waals surface area contributed by atoms with E-state index in [-0.39, 0.29) is 30.8 Å². The first-order valence-corrected chi connectivity index (χ1v) is 9.05. The Balaban J connectivity index is 2.02. The van der Waals surface area contributed by atoms with Gasteiger partial charge in [-0.25, -0.2) is 4.79 Å². The molecule has 0 aliphatic carbocycles. The quantitative estimate of drug-likeness (QED) is 0.703. The number of hydrogen-bond acceptors (Lipinski definition) is 7. The third-order valence-corrected chi connectivity index (χ3v) is 4.46. The third kappa shape index (κ3) is 5.94. The fraction of sp³-hybridized carbons (Fsp3) is 0.600. The van der Waals surface area contributed by atoms with Crippen LogP contribution < -0.4 is 4.74 Å². The number of benzene rings is 1. The molecule has 0 bridgehead atoms. The Hall–Kier alpha value is -2.12. The smallest absolute Gasteiger partial charge is 0.337 e. The molecule has 1 saturated heterocycles. The molecule has 1 heterocycles. The van der Waals surface area contributed by atoms with Crippen LogP contribution in [0, 0.1) is 0 Å². The van der Waals surface area contributed by atoms with Crippen molar-refractivity contribution < 1.29 is 23.8 Å². The molecule has 0 spiro atoms. The van der Waals surface area contributed by atoms with Crippen LogP contribution in [0.25, 0.3) is 0 Å². The van der Waals surface area contributed by atoms with Crippen molar-refractivity contribution in [3.05, 3.63) is 29.8 Å². The molecule has 7 nitrogen and oxygen atoms in total. The molecule has 0 unspecified atom stereocenters. The molecule has 2 rings (SSSR count). The van der Waals surface area contributed by atoms with Crippen molar-refractivity contribution >= 4 is 11.9 Å². The minimum Gasteiger partial charge on any atom is -0.478 e. The summed E-state index contributed by atoms with van der Waals surface area (Å²) < 4.78 is 16.1. The van der Waals surface area contributed by atoms with Crippen molar-refractivity contribution in [2.75, 3.05) is 34.5 Å². The number of likely N-dealkylation sites (tertiary alicyclic amines) is 1. The summed E-state index contributed by atoms with van der Waals surface area (Å²) in [6.45, 7) is 6.59. The summed E-state index contributed by atoms with van der Waals surface area (Å²) in [4.78, 5) is 28.2. The molecular weight excluding hydrogens is 348 g/mol. The van der Waals surface area contributed by atoms with E-state index in [2.05, 4.69) is 9.64 Å². The maximum absolute atomic E-state index is 12.6. The molecule has 7 heteroatoms. The molecule has 1 aliphatic heterocycles. The molecular formula is C20H30N2O5. The highest BCUT2D eigenvalue weighted by Gasteiger charge is 2.40. The number of esters is 2. The van der Waals surface area contributed by atoms with Gasteiger partial charge in [-0.1, -0.05) is 0 Å². The van der Waals surface area contributed by atoms with E-state index < -0.39 is 5.60 Å². The van der Waals surface area contributed by atoms with E-state index in [1.54, 1.807) is 24.3 Å². The molecule has 0 saturated carbocycles. The van der Waals surface area contributed by atoms with Gasteiger partial charge >= 0.3 is 11.9 Å². The standard InChI is InChI=1S/C20H30N2O5/c1-20(2,3)27-19(24)17-11-15(21(4)5)12-22(17)13-26-16-9-7-14(8-10-16)18(23)25-6/h7-10,15,17H,11-13H2,1-6H3/t15-,17-/m0/s1. The molecule has 1 aromatic rings. The summed E-state index contributed by atoms with van der Waals surface area (Å²) in [5.74, 6) is 0.00953. The lowest BCUT2D eigenvalue weighted by Crippen LogP contribution is -2.42. The zero-order valence-corrected chi connectivity index (χ0v) is 17.0. The van der Waals surface area contributed by atoms with E-state index in [0.717, 1.165) is 6.54 Å². The zero-order chi connectivity index (χ0) is 20.2. The van der Waals surface area contributed by atoms with Crippen molar-refractivity contribution in [3.8, 4) is 5.75 Å². The largest absolute Gasteiger partial charge is 0.478 e. The van der Waals surface area contributed by atoms with E-state index >= 15 is 0 Å². The van der Waals surface area contributed by atoms with Gasteiger partial charge in [-0.2, -0.15) is 0 Å². The molecule has 1 aliphatic rings. The average Bonchev–Trinajstić information content (AvgIpc) is 3.03. The van der Waals surface area contributed by atoms with Crippen LogP contribution in [0.5, 0.6) is 5.75 Å². The molecule has 150 valence electrons. The second-order valence-electron chi connectivity index (χ2n) is 7.96. The Morgan fingerprint density at radius 1 is 1.19 bits per heavy atom. The van der Waals surface area contributed by atoms with Crippen molar-refractivity contribution in [2.24, 2.45) is 0 Å². The number of carbonyl (C=O) groups is 2. The van der Waals surface area contributed by atoms with Crippen LogP contribution in [0.3, 0.4) is 0 Å². The lowest BCUT2D eigenvalue weighted by molar-refractivity contribution is -0.161. The van der Waals surface area contributed by atoms with E-state index in [1.807, 2.05) is 39.8 Å². The Kier molecular flexibility index (Phi) is 6.84. The van der Waals surface area contributed by atoms with Gasteiger partial charge < -0.3 is 19.1 Å². The highest BCUT2D eigenvalue weighted by molar-refractivity contribution is 5.89. The number of methoxy groups -OCH3 is 1. The number of likely N-dealkylation sites (N-methyl/N-ethyl adjacent to an activating group) is 1. The van der Waals surface area contributed by atoms with Crippen LogP contribution in [-0.2, 0) is 14.3 Å². The molecule has 0 radical (unpaired) electrons. The predicted octanol–water partition coefficient (Wildman–Crippen LogP) is 2.16. The summed E-state index contributed by atoms with van der Waals surface area (Å²) in [5.41, 5.74) is -0.0610. The summed E-state index contributed by atoms with van der Waals surface area (Å²) >= 11 is 0. The van der Waals surface area contributed by atoms with Crippen molar-refractivity contribution in [3.63, 3.8) is 0 Å². The molecule has 27 heavy (non-hydrogen) atoms. The van der Waals surface area contributed by atoms with Crippen LogP contribution >= 0.6 is 0 Å². The van der Waals surface area contributed by atoms with Crippen molar-refractivity contribution in [1.82, 2.24) is 9.80 Å². The van der Waals surface area contributed by atoms with E-state index in [1.165, 1.54) is 7.11 Å². The van der Waals surface area contributed by atoms with Gasteiger partial charge in [0.1, 0.15) is 24.1 Å². The van der Waals surface area contributed by atoms with Gasteiger partial charge in [0.05, 0.1) is 12.7 Å². The number of carbonyl (C=O) groups excluding carboxylic acids is 2. The normalized spacial score (nSPS) is 20.6. The van der Waals surface area contributed by atoms with Crippen LogP contribution in [0.15, 0.2) is 24.3 Å². The van der Waals surface area contributed by atoms with E-state index in [0.29, 0.717) is 17.7 Å². The second-order valence-corrected chi connectivity index (χ2v) is 7.96.